The number of carbonyl (C=O) groups is 1. The highest BCUT2D eigenvalue weighted by Gasteiger charge is 2.43. The van der Waals surface area contributed by atoms with E-state index in [0.717, 1.165) is 24.7 Å². The number of fused-ring (bicyclic) bond motifs is 1. The van der Waals surface area contributed by atoms with Crippen molar-refractivity contribution in [1.29, 1.82) is 0 Å². The number of amides is 1. The molecule has 1 aliphatic rings. The Labute approximate surface area is 214 Å². The van der Waals surface area contributed by atoms with Crippen LogP contribution < -0.4 is 16.4 Å². The van der Waals surface area contributed by atoms with Crippen molar-refractivity contribution in [3.05, 3.63) is 64.5 Å². The van der Waals surface area contributed by atoms with Crippen LogP contribution in [-0.4, -0.2) is 46.1 Å². The first-order valence-corrected chi connectivity index (χ1v) is 13.1. The molecule has 0 saturated heterocycles. The van der Waals surface area contributed by atoms with Crippen molar-refractivity contribution >= 4 is 39.1 Å². The fourth-order valence-corrected chi connectivity index (χ4v) is 4.70. The van der Waals surface area contributed by atoms with Crippen LogP contribution in [0.4, 0.5) is 4.39 Å². The van der Waals surface area contributed by atoms with Gasteiger partial charge < -0.3 is 5.32 Å². The Morgan fingerprint density at radius 2 is 1.97 bits per heavy atom. The van der Waals surface area contributed by atoms with Gasteiger partial charge >= 0.3 is 0 Å². The van der Waals surface area contributed by atoms with Gasteiger partial charge in [0.1, 0.15) is 5.82 Å². The molecule has 1 saturated carbocycles. The van der Waals surface area contributed by atoms with Gasteiger partial charge in [-0.1, -0.05) is 18.2 Å². The fourth-order valence-electron chi connectivity index (χ4n) is 3.86. The van der Waals surface area contributed by atoms with Gasteiger partial charge in [0.2, 0.25) is 0 Å². The number of aromatic nitrogens is 2. The van der Waals surface area contributed by atoms with Crippen LogP contribution in [0.15, 0.2) is 47.5 Å². The molecule has 1 amide bonds. The van der Waals surface area contributed by atoms with Crippen LogP contribution >= 0.6 is 12.4 Å². The highest BCUT2D eigenvalue weighted by Crippen LogP contribution is 2.27. The lowest BCUT2D eigenvalue weighted by molar-refractivity contribution is -0.131. The van der Waals surface area contributed by atoms with E-state index < -0.39 is 26.1 Å². The number of nitrogens with one attached hydrogen (secondary N) is 2. The van der Waals surface area contributed by atoms with E-state index in [0.29, 0.717) is 29.2 Å². The van der Waals surface area contributed by atoms with Crippen LogP contribution in [-0.2, 0) is 27.7 Å². The highest BCUT2D eigenvalue weighted by atomic mass is 35.5. The molecule has 1 atom stereocenters. The molecule has 0 spiro atoms. The normalized spacial score (nSPS) is 15.2. The Morgan fingerprint density at radius 3 is 2.58 bits per heavy atom. The number of rotatable bonds is 9. The van der Waals surface area contributed by atoms with Crippen LogP contribution in [0.1, 0.15) is 31.7 Å². The molecule has 0 radical (unpaired) electrons. The van der Waals surface area contributed by atoms with E-state index in [2.05, 4.69) is 10.3 Å². The van der Waals surface area contributed by atoms with Gasteiger partial charge in [-0.2, -0.15) is 0 Å². The maximum Gasteiger partial charge on any atom is 0.264 e. The van der Waals surface area contributed by atoms with Crippen molar-refractivity contribution in [3.63, 3.8) is 0 Å². The molecule has 36 heavy (non-hydrogen) atoms. The SMILES string of the molecule is CC(CCn1cnc2cc(-c3ccc(CNC4CC4)cc3F)ccc2c1=O)(C(=O)NO)S(C)(=O)=O.Cl. The summed E-state index contributed by atoms with van der Waals surface area (Å²) in [6, 6.07) is 10.4. The molecule has 0 aliphatic heterocycles. The minimum Gasteiger partial charge on any atom is -0.310 e. The van der Waals surface area contributed by atoms with Crippen LogP contribution in [0, 0.1) is 5.82 Å². The van der Waals surface area contributed by atoms with Gasteiger partial charge in [-0.05, 0) is 55.5 Å². The first kappa shape index (κ1) is 27.7. The monoisotopic (exact) mass is 538 g/mol. The summed E-state index contributed by atoms with van der Waals surface area (Å²) in [5, 5.41) is 12.6. The second kappa shape index (κ2) is 10.6. The van der Waals surface area contributed by atoms with Gasteiger partial charge in [-0.15, -0.1) is 12.4 Å². The Bertz CT molecular complexity index is 1460. The molecule has 1 aromatic heterocycles. The molecular weight excluding hydrogens is 511 g/mol. The van der Waals surface area contributed by atoms with Gasteiger partial charge in [0.05, 0.1) is 17.2 Å². The number of aryl methyl sites for hydroxylation is 1. The number of carbonyl (C=O) groups excluding carboxylic acids is 1. The molecule has 1 fully saturated rings. The van der Waals surface area contributed by atoms with Gasteiger partial charge in [-0.25, -0.2) is 23.3 Å². The van der Waals surface area contributed by atoms with Crippen LogP contribution in [0.25, 0.3) is 22.0 Å². The third-order valence-corrected chi connectivity index (χ3v) is 8.60. The van der Waals surface area contributed by atoms with Crippen molar-refractivity contribution in [2.24, 2.45) is 0 Å². The zero-order chi connectivity index (χ0) is 25.4. The predicted molar refractivity (Wildman–Crippen MR) is 136 cm³/mol. The van der Waals surface area contributed by atoms with E-state index in [1.807, 2.05) is 6.07 Å². The Balaban J connectivity index is 0.00000361. The van der Waals surface area contributed by atoms with Crippen LogP contribution in [0.2, 0.25) is 0 Å². The van der Waals surface area contributed by atoms with Crippen molar-refractivity contribution in [2.75, 3.05) is 6.26 Å². The molecule has 9 nitrogen and oxygen atoms in total. The van der Waals surface area contributed by atoms with Crippen molar-refractivity contribution < 1.29 is 22.8 Å². The van der Waals surface area contributed by atoms with Gasteiger partial charge in [0.15, 0.2) is 14.6 Å². The van der Waals surface area contributed by atoms with E-state index in [9.17, 15) is 22.4 Å². The van der Waals surface area contributed by atoms with Crippen LogP contribution in [0.3, 0.4) is 0 Å². The fraction of sp³-hybridized carbons (Fsp3) is 0.375. The maximum atomic E-state index is 14.8. The molecule has 0 bridgehead atoms. The number of hydrogen-bond acceptors (Lipinski definition) is 7. The van der Waals surface area contributed by atoms with E-state index in [1.165, 1.54) is 29.4 Å². The molecular formula is C24H28ClFN4O5S. The maximum absolute atomic E-state index is 14.8. The number of sulfone groups is 1. The Morgan fingerprint density at radius 1 is 1.25 bits per heavy atom. The molecule has 3 N–H and O–H groups in total. The average molecular weight is 539 g/mol. The summed E-state index contributed by atoms with van der Waals surface area (Å²) in [5.41, 5.74) is 3.14. The van der Waals surface area contributed by atoms with E-state index in [-0.39, 0.29) is 36.6 Å². The zero-order valence-corrected chi connectivity index (χ0v) is 21.5. The molecule has 1 heterocycles. The lowest BCUT2D eigenvalue weighted by atomic mass is 10.0. The summed E-state index contributed by atoms with van der Waals surface area (Å²) >= 11 is 0. The first-order chi connectivity index (χ1) is 16.5. The third-order valence-electron chi connectivity index (χ3n) is 6.57. The number of benzene rings is 2. The molecule has 1 unspecified atom stereocenters. The highest BCUT2D eigenvalue weighted by molar-refractivity contribution is 7.92. The van der Waals surface area contributed by atoms with Crippen LogP contribution in [0.5, 0.6) is 0 Å². The minimum absolute atomic E-state index is 0. The Hall–Kier alpha value is -2.86. The molecule has 3 aromatic rings. The first-order valence-electron chi connectivity index (χ1n) is 11.2. The zero-order valence-electron chi connectivity index (χ0n) is 19.8. The average Bonchev–Trinajstić information content (AvgIpc) is 3.65. The topological polar surface area (TPSA) is 130 Å². The molecule has 12 heteroatoms. The van der Waals surface area contributed by atoms with E-state index in [4.69, 9.17) is 5.21 Å². The number of halogens is 2. The number of hydrogen-bond donors (Lipinski definition) is 3. The van der Waals surface area contributed by atoms with Gasteiger partial charge in [-0.3, -0.25) is 19.4 Å². The summed E-state index contributed by atoms with van der Waals surface area (Å²) in [6.45, 7) is 1.67. The van der Waals surface area contributed by atoms with Crippen molar-refractivity contribution in [3.8, 4) is 11.1 Å². The van der Waals surface area contributed by atoms with E-state index >= 15 is 0 Å². The summed E-state index contributed by atoms with van der Waals surface area (Å²) in [7, 11) is -3.90. The predicted octanol–water partition coefficient (Wildman–Crippen LogP) is 2.58. The van der Waals surface area contributed by atoms with Crippen molar-refractivity contribution in [2.45, 2.75) is 50.1 Å². The summed E-state index contributed by atoms with van der Waals surface area (Å²) < 4.78 is 38.4. The Kier molecular flexibility index (Phi) is 8.19. The summed E-state index contributed by atoms with van der Waals surface area (Å²) in [5.74, 6) is -1.45. The summed E-state index contributed by atoms with van der Waals surface area (Å²) in [6.07, 6.45) is 4.21. The minimum atomic E-state index is -3.90. The number of hydroxylamine groups is 1. The third kappa shape index (κ3) is 5.59. The van der Waals surface area contributed by atoms with Gasteiger partial charge in [0.25, 0.3) is 11.5 Å². The smallest absolute Gasteiger partial charge is 0.264 e. The molecule has 4 rings (SSSR count). The number of nitrogens with zero attached hydrogens (tertiary/aromatic N) is 2. The second-order valence-corrected chi connectivity index (χ2v) is 11.6. The van der Waals surface area contributed by atoms with E-state index in [1.54, 1.807) is 24.3 Å². The lowest BCUT2D eigenvalue weighted by Crippen LogP contribution is -2.50. The molecule has 194 valence electrons. The standard InChI is InChI=1S/C24H27FN4O5S.ClH/c1-24(23(31)28-32,35(2,33)34)9-10-29-14-27-21-12-16(4-8-19(21)22(29)30)18-7-3-15(11-20(18)25)13-26-17-5-6-17;/h3-4,7-8,11-12,14,17,26,32H,5-6,9-10,13H2,1-2H3,(H,28,31);1H. The quantitative estimate of drug-likeness (QED) is 0.282. The summed E-state index contributed by atoms with van der Waals surface area (Å²) in [4.78, 5) is 29.3. The second-order valence-electron chi connectivity index (χ2n) is 9.14. The molecule has 1 aliphatic carbocycles. The molecule has 2 aromatic carbocycles. The van der Waals surface area contributed by atoms with Crippen molar-refractivity contribution in [1.82, 2.24) is 20.3 Å². The van der Waals surface area contributed by atoms with Gasteiger partial charge in [0, 0.05) is 31.0 Å². The lowest BCUT2D eigenvalue weighted by Gasteiger charge is -2.25. The largest absolute Gasteiger partial charge is 0.310 e.